The van der Waals surface area contributed by atoms with Gasteiger partial charge in [-0.2, -0.15) is 0 Å². The predicted molar refractivity (Wildman–Crippen MR) is 133 cm³/mol. The Morgan fingerprint density at radius 3 is 2.56 bits per heavy atom. The average molecular weight is 550 g/mol. The van der Waals surface area contributed by atoms with Crippen molar-refractivity contribution in [1.29, 1.82) is 0 Å². The zero-order valence-corrected chi connectivity index (χ0v) is 21.2. The van der Waals surface area contributed by atoms with Gasteiger partial charge in [0, 0.05) is 50.7 Å². The number of halogens is 2. The molecule has 2 atom stereocenters. The summed E-state index contributed by atoms with van der Waals surface area (Å²) in [5.74, 6) is -2.09. The fourth-order valence-electron chi connectivity index (χ4n) is 4.31. The Labute approximate surface area is 223 Å². The highest BCUT2D eigenvalue weighted by Crippen LogP contribution is 2.31. The van der Waals surface area contributed by atoms with Gasteiger partial charge in [-0.15, -0.1) is 0 Å². The smallest absolute Gasteiger partial charge is 0.440 e. The monoisotopic (exact) mass is 549 g/mol. The molecular formula is C25H29F2N5O7. The van der Waals surface area contributed by atoms with Gasteiger partial charge in [0.15, 0.2) is 17.7 Å². The molecule has 14 heteroatoms. The summed E-state index contributed by atoms with van der Waals surface area (Å²) in [4.78, 5) is 43.9. The number of benzene rings is 1. The van der Waals surface area contributed by atoms with Gasteiger partial charge >= 0.3 is 12.2 Å². The third kappa shape index (κ3) is 6.89. The Kier molecular flexibility index (Phi) is 9.09. The number of cyclic esters (lactones) is 1. The number of nitrogens with one attached hydrogen (secondary N) is 1. The van der Waals surface area contributed by atoms with Gasteiger partial charge in [0.1, 0.15) is 18.5 Å². The van der Waals surface area contributed by atoms with Crippen molar-refractivity contribution in [3.8, 4) is 0 Å². The lowest BCUT2D eigenvalue weighted by Gasteiger charge is -2.38. The summed E-state index contributed by atoms with van der Waals surface area (Å²) < 4.78 is 44.8. The van der Waals surface area contributed by atoms with Crippen molar-refractivity contribution in [1.82, 2.24) is 15.2 Å². The summed E-state index contributed by atoms with van der Waals surface area (Å²) in [5, 5.41) is 13.1. The summed E-state index contributed by atoms with van der Waals surface area (Å²) in [7, 11) is 0. The quantitative estimate of drug-likeness (QED) is 0.446. The van der Waals surface area contributed by atoms with Crippen LogP contribution in [0.1, 0.15) is 17.3 Å². The number of nitrogens with zero attached hydrogens (tertiary/aromatic N) is 4. The van der Waals surface area contributed by atoms with Crippen molar-refractivity contribution in [3.63, 3.8) is 0 Å². The summed E-state index contributed by atoms with van der Waals surface area (Å²) in [6, 6.07) is 5.33. The van der Waals surface area contributed by atoms with Crippen LogP contribution in [0.3, 0.4) is 0 Å². The number of aliphatic hydroxyl groups excluding tert-OH is 1. The Morgan fingerprint density at radius 1 is 1.21 bits per heavy atom. The van der Waals surface area contributed by atoms with Gasteiger partial charge in [0.2, 0.25) is 0 Å². The molecule has 2 saturated heterocycles. The molecule has 2 N–H and O–H groups in total. The number of hydrogen-bond acceptors (Lipinski definition) is 10. The molecule has 0 aliphatic carbocycles. The zero-order chi connectivity index (χ0) is 27.9. The number of hydrogen-bond donors (Lipinski definition) is 2. The number of carbonyl (C=O) groups excluding carboxylic acids is 3. The van der Waals surface area contributed by atoms with E-state index >= 15 is 8.78 Å². The van der Waals surface area contributed by atoms with E-state index in [1.165, 1.54) is 11.1 Å². The molecular weight excluding hydrogens is 520 g/mol. The second-order valence-electron chi connectivity index (χ2n) is 8.82. The SMILES string of the molecule is CCOC(=O)OCC1CN(c2cc(F)c(N3CCN(C(O)CNC(=O)c4cccnc4)CC3)c(F)c2)C(=O)O1. The van der Waals surface area contributed by atoms with Gasteiger partial charge in [-0.25, -0.2) is 18.4 Å². The Balaban J connectivity index is 1.30. The van der Waals surface area contributed by atoms with Crippen LogP contribution < -0.4 is 15.1 Å². The van der Waals surface area contributed by atoms with E-state index in [0.29, 0.717) is 18.7 Å². The molecule has 12 nitrogen and oxygen atoms in total. The minimum absolute atomic E-state index is 0.0249. The van der Waals surface area contributed by atoms with E-state index in [2.05, 4.69) is 15.0 Å². The molecule has 210 valence electrons. The average Bonchev–Trinajstić information content (AvgIpc) is 3.31. The van der Waals surface area contributed by atoms with Gasteiger partial charge in [-0.3, -0.25) is 19.6 Å². The van der Waals surface area contributed by atoms with Crippen LogP contribution in [-0.2, 0) is 14.2 Å². The summed E-state index contributed by atoms with van der Waals surface area (Å²) in [6.45, 7) is 2.43. The minimum Gasteiger partial charge on any atom is -0.440 e. The first-order valence-corrected chi connectivity index (χ1v) is 12.4. The minimum atomic E-state index is -0.980. The molecule has 0 saturated carbocycles. The topological polar surface area (TPSA) is 134 Å². The zero-order valence-electron chi connectivity index (χ0n) is 21.2. The van der Waals surface area contributed by atoms with Crippen LogP contribution in [0.15, 0.2) is 36.7 Å². The number of pyridine rings is 1. The fraction of sp³-hybridized carbons (Fsp3) is 0.440. The maximum atomic E-state index is 15.1. The van der Waals surface area contributed by atoms with E-state index in [-0.39, 0.29) is 56.7 Å². The molecule has 39 heavy (non-hydrogen) atoms. The van der Waals surface area contributed by atoms with Crippen molar-refractivity contribution in [2.24, 2.45) is 0 Å². The fourth-order valence-corrected chi connectivity index (χ4v) is 4.31. The normalized spacial score (nSPS) is 18.5. The second kappa shape index (κ2) is 12.7. The molecule has 2 amide bonds. The predicted octanol–water partition coefficient (Wildman–Crippen LogP) is 1.73. The molecule has 1 aromatic heterocycles. The van der Waals surface area contributed by atoms with Crippen LogP contribution in [-0.4, -0.2) is 98.0 Å². The standard InChI is InChI=1S/C25H29F2N5O7/c1-2-37-25(36)38-15-18-14-32(24(35)39-18)17-10-19(26)22(20(27)11-17)31-8-6-30(7-9-31)21(33)13-29-23(34)16-4-3-5-28-12-16/h3-5,10-12,18,21,33H,2,6-9,13-15H2,1H3,(H,29,34). The van der Waals surface area contributed by atoms with E-state index in [0.717, 1.165) is 17.0 Å². The summed E-state index contributed by atoms with van der Waals surface area (Å²) in [5.41, 5.74) is 0.0926. The molecule has 2 unspecified atom stereocenters. The number of carbonyl (C=O) groups is 3. The molecule has 1 aromatic carbocycles. The van der Waals surface area contributed by atoms with Crippen LogP contribution in [0.4, 0.5) is 29.7 Å². The maximum Gasteiger partial charge on any atom is 0.508 e. The van der Waals surface area contributed by atoms with Crippen molar-refractivity contribution in [3.05, 3.63) is 53.9 Å². The van der Waals surface area contributed by atoms with E-state index in [1.54, 1.807) is 30.2 Å². The Hall–Kier alpha value is -4.04. The molecule has 0 bridgehead atoms. The number of rotatable bonds is 9. The van der Waals surface area contributed by atoms with Crippen molar-refractivity contribution in [2.75, 3.05) is 62.3 Å². The highest BCUT2D eigenvalue weighted by atomic mass is 19.1. The maximum absolute atomic E-state index is 15.1. The van der Waals surface area contributed by atoms with Gasteiger partial charge in [-0.1, -0.05) is 0 Å². The van der Waals surface area contributed by atoms with E-state index in [9.17, 15) is 19.5 Å². The van der Waals surface area contributed by atoms with Gasteiger partial charge in [-0.05, 0) is 19.1 Å². The molecule has 4 rings (SSSR count). The van der Waals surface area contributed by atoms with Crippen LogP contribution in [0, 0.1) is 11.6 Å². The van der Waals surface area contributed by atoms with E-state index in [4.69, 9.17) is 9.47 Å². The lowest BCUT2D eigenvalue weighted by molar-refractivity contribution is 0.00179. The first kappa shape index (κ1) is 28.0. The molecule has 0 radical (unpaired) electrons. The highest BCUT2D eigenvalue weighted by Gasteiger charge is 2.35. The van der Waals surface area contributed by atoms with Crippen LogP contribution in [0.25, 0.3) is 0 Å². The first-order valence-electron chi connectivity index (χ1n) is 12.4. The lowest BCUT2D eigenvalue weighted by Crippen LogP contribution is -2.53. The van der Waals surface area contributed by atoms with Crippen molar-refractivity contribution in [2.45, 2.75) is 19.3 Å². The van der Waals surface area contributed by atoms with Gasteiger partial charge < -0.3 is 29.5 Å². The largest absolute Gasteiger partial charge is 0.508 e. The summed E-state index contributed by atoms with van der Waals surface area (Å²) >= 11 is 0. The first-order chi connectivity index (χ1) is 18.8. The number of anilines is 2. The van der Waals surface area contributed by atoms with E-state index in [1.807, 2.05) is 0 Å². The van der Waals surface area contributed by atoms with Crippen molar-refractivity contribution < 1.29 is 42.5 Å². The molecule has 0 spiro atoms. The molecule has 2 aliphatic heterocycles. The lowest BCUT2D eigenvalue weighted by atomic mass is 10.2. The van der Waals surface area contributed by atoms with E-state index < -0.39 is 36.2 Å². The third-order valence-electron chi connectivity index (χ3n) is 6.26. The number of amides is 2. The molecule has 2 aliphatic rings. The number of aliphatic hydroxyl groups is 1. The van der Waals surface area contributed by atoms with Crippen LogP contribution in [0.5, 0.6) is 0 Å². The molecule has 2 fully saturated rings. The number of piperazine rings is 1. The number of aromatic nitrogens is 1. The number of ether oxygens (including phenoxy) is 3. The second-order valence-corrected chi connectivity index (χ2v) is 8.82. The van der Waals surface area contributed by atoms with Crippen LogP contribution in [0.2, 0.25) is 0 Å². The van der Waals surface area contributed by atoms with Gasteiger partial charge in [0.25, 0.3) is 5.91 Å². The highest BCUT2D eigenvalue weighted by molar-refractivity contribution is 5.93. The summed E-state index contributed by atoms with van der Waals surface area (Å²) in [6.07, 6.45) is -0.562. The Morgan fingerprint density at radius 2 is 1.92 bits per heavy atom. The third-order valence-corrected chi connectivity index (χ3v) is 6.26. The molecule has 3 heterocycles. The van der Waals surface area contributed by atoms with Crippen molar-refractivity contribution >= 4 is 29.5 Å². The van der Waals surface area contributed by atoms with Gasteiger partial charge in [0.05, 0.1) is 30.9 Å². The molecule has 2 aromatic rings. The van der Waals surface area contributed by atoms with Crippen LogP contribution >= 0.6 is 0 Å². The Bertz CT molecular complexity index is 1160.